The number of hydrogen-bond acceptors (Lipinski definition) is 5. The van der Waals surface area contributed by atoms with Gasteiger partial charge in [-0.05, 0) is 0 Å². The number of halogens is 1. The summed E-state index contributed by atoms with van der Waals surface area (Å²) in [5, 5.41) is 8.35. The van der Waals surface area contributed by atoms with Crippen molar-refractivity contribution in [3.8, 4) is 0 Å². The Morgan fingerprint density at radius 1 is 1.00 bits per heavy atom. The summed E-state index contributed by atoms with van der Waals surface area (Å²) in [5.41, 5.74) is 0. The molecule has 12 heavy (non-hydrogen) atoms. The molecule has 0 amide bonds. The molecule has 1 N–H and O–H groups in total. The van der Waals surface area contributed by atoms with E-state index in [0.29, 0.717) is 33.0 Å². The van der Waals surface area contributed by atoms with Gasteiger partial charge in [0.1, 0.15) is 0 Å². The van der Waals surface area contributed by atoms with Crippen LogP contribution in [0.1, 0.15) is 0 Å². The maximum Gasteiger partial charge on any atom is 0.0857 e. The Morgan fingerprint density at radius 3 is 2.17 bits per heavy atom. The van der Waals surface area contributed by atoms with Crippen LogP contribution in [-0.4, -0.2) is 44.7 Å². The lowest BCUT2D eigenvalue weighted by Crippen LogP contribution is -2.09. The van der Waals surface area contributed by atoms with E-state index in [-0.39, 0.29) is 6.61 Å². The summed E-state index contributed by atoms with van der Waals surface area (Å²) in [6.45, 7) is 2.69. The molecule has 4 nitrogen and oxygen atoms in total. The molecule has 0 spiro atoms. The number of ether oxygens (including phenoxy) is 2. The van der Waals surface area contributed by atoms with Crippen molar-refractivity contribution in [2.45, 2.75) is 0 Å². The SMILES string of the molecule is OCCOCCOCCOSI. The molecular formula is C6H13IO4S. The molecule has 0 bridgehead atoms. The molecule has 0 rings (SSSR count). The molecule has 0 aliphatic heterocycles. The Hall–Kier alpha value is 0.920. The molecule has 0 heterocycles. The smallest absolute Gasteiger partial charge is 0.0857 e. The molecule has 0 aliphatic rings. The van der Waals surface area contributed by atoms with Crippen LogP contribution in [0.15, 0.2) is 0 Å². The van der Waals surface area contributed by atoms with Crippen molar-refractivity contribution in [1.29, 1.82) is 0 Å². The second-order valence-corrected chi connectivity index (χ2v) is 3.27. The van der Waals surface area contributed by atoms with Gasteiger partial charge >= 0.3 is 0 Å². The first kappa shape index (κ1) is 12.9. The summed E-state index contributed by atoms with van der Waals surface area (Å²) < 4.78 is 15.1. The van der Waals surface area contributed by atoms with Gasteiger partial charge in [-0.15, -0.1) is 0 Å². The van der Waals surface area contributed by atoms with Crippen molar-refractivity contribution in [3.63, 3.8) is 0 Å². The molecular weight excluding hydrogens is 295 g/mol. The number of rotatable bonds is 9. The largest absolute Gasteiger partial charge is 0.394 e. The first-order valence-corrected chi connectivity index (χ1v) is 6.86. The maximum atomic E-state index is 8.35. The third kappa shape index (κ3) is 10.9. The Balaban J connectivity index is 2.73. The minimum atomic E-state index is 0.0641. The van der Waals surface area contributed by atoms with Crippen LogP contribution in [0.2, 0.25) is 0 Å². The molecule has 0 saturated heterocycles. The normalized spacial score (nSPS) is 10.5. The van der Waals surface area contributed by atoms with Gasteiger partial charge in [0.05, 0.1) is 48.9 Å². The molecule has 0 radical (unpaired) electrons. The fourth-order valence-electron chi connectivity index (χ4n) is 0.511. The molecule has 0 atom stereocenters. The highest BCUT2D eigenvalue weighted by atomic mass is 127. The molecule has 0 fully saturated rings. The third-order valence-electron chi connectivity index (χ3n) is 0.963. The lowest BCUT2D eigenvalue weighted by Gasteiger charge is -2.03. The summed E-state index contributed by atoms with van der Waals surface area (Å²) in [4.78, 5) is 0. The van der Waals surface area contributed by atoms with Crippen molar-refractivity contribution in [2.75, 3.05) is 39.6 Å². The second-order valence-electron chi connectivity index (χ2n) is 1.83. The Morgan fingerprint density at radius 2 is 1.58 bits per heavy atom. The van der Waals surface area contributed by atoms with Gasteiger partial charge in [-0.1, -0.05) is 0 Å². The van der Waals surface area contributed by atoms with E-state index >= 15 is 0 Å². The fourth-order valence-corrected chi connectivity index (χ4v) is 1.18. The van der Waals surface area contributed by atoms with Gasteiger partial charge in [0, 0.05) is 21.2 Å². The van der Waals surface area contributed by atoms with Crippen LogP contribution in [0, 0.1) is 0 Å². The third-order valence-corrected chi connectivity index (χ3v) is 1.98. The zero-order chi connectivity index (χ0) is 9.07. The topological polar surface area (TPSA) is 47.9 Å². The van der Waals surface area contributed by atoms with E-state index in [0.717, 1.165) is 0 Å². The van der Waals surface area contributed by atoms with Crippen molar-refractivity contribution in [3.05, 3.63) is 0 Å². The standard InChI is InChI=1S/C6H13IO4S/c7-12-11-6-5-10-4-3-9-2-1-8/h8H,1-6H2. The molecule has 0 unspecified atom stereocenters. The monoisotopic (exact) mass is 308 g/mol. The first-order valence-electron chi connectivity index (χ1n) is 3.58. The minimum absolute atomic E-state index is 0.0641. The van der Waals surface area contributed by atoms with Gasteiger partial charge in [-0.25, -0.2) is 0 Å². The average Bonchev–Trinajstić information content (AvgIpc) is 2.10. The number of aliphatic hydroxyl groups excluding tert-OH is 1. The van der Waals surface area contributed by atoms with E-state index < -0.39 is 0 Å². The number of aliphatic hydroxyl groups is 1. The van der Waals surface area contributed by atoms with Gasteiger partial charge in [0.2, 0.25) is 0 Å². The molecule has 0 aromatic rings. The van der Waals surface area contributed by atoms with Gasteiger partial charge < -0.3 is 18.8 Å². The van der Waals surface area contributed by atoms with E-state index in [4.69, 9.17) is 18.8 Å². The first-order chi connectivity index (χ1) is 5.91. The predicted octanol–water partition coefficient (Wildman–Crippen LogP) is 1.03. The second kappa shape index (κ2) is 11.9. The van der Waals surface area contributed by atoms with E-state index in [2.05, 4.69) is 21.2 Å². The van der Waals surface area contributed by atoms with Gasteiger partial charge in [0.25, 0.3) is 0 Å². The fraction of sp³-hybridized carbons (Fsp3) is 1.00. The predicted molar refractivity (Wildman–Crippen MR) is 56.3 cm³/mol. The molecule has 0 aliphatic carbocycles. The van der Waals surface area contributed by atoms with Crippen LogP contribution in [0.3, 0.4) is 0 Å². The molecule has 0 aromatic heterocycles. The minimum Gasteiger partial charge on any atom is -0.394 e. The summed E-state index contributed by atoms with van der Waals surface area (Å²) >= 11 is 2.05. The van der Waals surface area contributed by atoms with Crippen molar-refractivity contribution >= 4 is 30.4 Å². The van der Waals surface area contributed by atoms with Crippen LogP contribution >= 0.6 is 30.4 Å². The molecule has 0 aromatic carbocycles. The lowest BCUT2D eigenvalue weighted by atomic mass is 10.7. The van der Waals surface area contributed by atoms with Gasteiger partial charge in [-0.2, -0.15) is 0 Å². The van der Waals surface area contributed by atoms with Crippen LogP contribution in [0.5, 0.6) is 0 Å². The molecule has 6 heteroatoms. The Kier molecular flexibility index (Phi) is 12.8. The van der Waals surface area contributed by atoms with E-state index in [1.807, 2.05) is 0 Å². The summed E-state index contributed by atoms with van der Waals surface area (Å²) in [6.07, 6.45) is 0. The molecule has 0 saturated carbocycles. The zero-order valence-corrected chi connectivity index (χ0v) is 9.67. The highest BCUT2D eigenvalue weighted by Crippen LogP contribution is 2.10. The van der Waals surface area contributed by atoms with Gasteiger partial charge in [0.15, 0.2) is 0 Å². The van der Waals surface area contributed by atoms with Gasteiger partial charge in [-0.3, -0.25) is 0 Å². The summed E-state index contributed by atoms with van der Waals surface area (Å²) in [6, 6.07) is 0. The Labute approximate surface area is 88.7 Å². The van der Waals surface area contributed by atoms with Crippen molar-refractivity contribution < 1.29 is 18.8 Å². The van der Waals surface area contributed by atoms with Crippen LogP contribution in [0.25, 0.3) is 0 Å². The average molecular weight is 308 g/mol. The van der Waals surface area contributed by atoms with E-state index in [1.165, 1.54) is 9.21 Å². The summed E-state index contributed by atoms with van der Waals surface area (Å²) in [5.74, 6) is 0. The maximum absolute atomic E-state index is 8.35. The van der Waals surface area contributed by atoms with Crippen LogP contribution in [0.4, 0.5) is 0 Å². The lowest BCUT2D eigenvalue weighted by molar-refractivity contribution is 0.0265. The Bertz CT molecular complexity index is 75.9. The molecule has 74 valence electrons. The highest BCUT2D eigenvalue weighted by molar-refractivity contribution is 14.2. The van der Waals surface area contributed by atoms with Crippen LogP contribution in [-0.2, 0) is 13.7 Å². The van der Waals surface area contributed by atoms with Crippen LogP contribution < -0.4 is 0 Å². The summed E-state index contributed by atoms with van der Waals surface area (Å²) in [7, 11) is 1.30. The van der Waals surface area contributed by atoms with E-state index in [1.54, 1.807) is 0 Å². The van der Waals surface area contributed by atoms with Crippen molar-refractivity contribution in [1.82, 2.24) is 0 Å². The van der Waals surface area contributed by atoms with Crippen molar-refractivity contribution in [2.24, 2.45) is 0 Å². The van der Waals surface area contributed by atoms with E-state index in [9.17, 15) is 0 Å². The highest BCUT2D eigenvalue weighted by Gasteiger charge is 1.89. The zero-order valence-electron chi connectivity index (χ0n) is 6.70. The number of hydrogen-bond donors (Lipinski definition) is 1. The quantitative estimate of drug-likeness (QED) is 0.392.